The van der Waals surface area contributed by atoms with Crippen LogP contribution in [0.5, 0.6) is 5.75 Å². The molecule has 0 saturated heterocycles. The summed E-state index contributed by atoms with van der Waals surface area (Å²) in [5, 5.41) is 4.66. The van der Waals surface area contributed by atoms with Gasteiger partial charge in [-0.1, -0.05) is 24.3 Å². The zero-order valence-electron chi connectivity index (χ0n) is 15.2. The van der Waals surface area contributed by atoms with Crippen LogP contribution in [-0.4, -0.2) is 25.6 Å². The van der Waals surface area contributed by atoms with Gasteiger partial charge in [0, 0.05) is 0 Å². The summed E-state index contributed by atoms with van der Waals surface area (Å²) in [6.45, 7) is 1.69. The third-order valence-electron chi connectivity index (χ3n) is 4.31. The van der Waals surface area contributed by atoms with Crippen molar-refractivity contribution in [2.75, 3.05) is 13.7 Å². The number of ether oxygens (including phenoxy) is 2. The zero-order chi connectivity index (χ0) is 19.2. The summed E-state index contributed by atoms with van der Waals surface area (Å²) in [7, 11) is 1.62. The minimum absolute atomic E-state index is 0.257. The number of hydrogen-bond acceptors (Lipinski definition) is 5. The van der Waals surface area contributed by atoms with Gasteiger partial charge in [-0.15, -0.1) is 0 Å². The van der Waals surface area contributed by atoms with Crippen molar-refractivity contribution in [2.24, 2.45) is 0 Å². The second-order valence-electron chi connectivity index (χ2n) is 6.16. The monoisotopic (exact) mass is 367 g/mol. The van der Waals surface area contributed by atoms with Crippen molar-refractivity contribution < 1.29 is 23.5 Å². The number of fused-ring (bicyclic) bond motifs is 1. The van der Waals surface area contributed by atoms with E-state index >= 15 is 0 Å². The largest absolute Gasteiger partial charge is 0.497 e. The fourth-order valence-corrected chi connectivity index (χ4v) is 2.69. The van der Waals surface area contributed by atoms with E-state index < -0.39 is 11.9 Å². The predicted molar refractivity (Wildman–Crippen MR) is 100 cm³/mol. The third kappa shape index (κ3) is 4.67. The van der Waals surface area contributed by atoms with Crippen molar-refractivity contribution in [2.45, 2.75) is 19.4 Å². The van der Waals surface area contributed by atoms with Crippen molar-refractivity contribution >= 4 is 22.6 Å². The molecule has 2 aromatic carbocycles. The Morgan fingerprint density at radius 3 is 2.63 bits per heavy atom. The lowest BCUT2D eigenvalue weighted by Crippen LogP contribution is -2.29. The normalized spacial score (nSPS) is 11.8. The van der Waals surface area contributed by atoms with E-state index in [9.17, 15) is 9.59 Å². The molecule has 3 rings (SSSR count). The number of carbonyl (C=O) groups excluding carboxylic acids is 2. The smallest absolute Gasteiger partial charge is 0.313 e. The number of rotatable bonds is 7. The fourth-order valence-electron chi connectivity index (χ4n) is 2.69. The minimum Gasteiger partial charge on any atom is -0.497 e. The van der Waals surface area contributed by atoms with Gasteiger partial charge >= 0.3 is 5.97 Å². The molecular formula is C21H21NO5. The molecule has 140 valence electrons. The summed E-state index contributed by atoms with van der Waals surface area (Å²) >= 11 is 0. The van der Waals surface area contributed by atoms with E-state index in [4.69, 9.17) is 13.9 Å². The molecule has 1 amide bonds. The van der Waals surface area contributed by atoms with Gasteiger partial charge in [0.15, 0.2) is 6.61 Å². The van der Waals surface area contributed by atoms with Crippen LogP contribution in [0.1, 0.15) is 24.2 Å². The molecular weight excluding hydrogens is 346 g/mol. The maximum absolute atomic E-state index is 12.3. The number of carbonyl (C=O) groups is 2. The average molecular weight is 367 g/mol. The van der Waals surface area contributed by atoms with Crippen LogP contribution < -0.4 is 10.1 Å². The van der Waals surface area contributed by atoms with Gasteiger partial charge in [-0.3, -0.25) is 9.59 Å². The Morgan fingerprint density at radius 2 is 1.89 bits per heavy atom. The van der Waals surface area contributed by atoms with Crippen LogP contribution >= 0.6 is 0 Å². The molecule has 3 aromatic rings. The fraction of sp³-hybridized carbons (Fsp3) is 0.238. The highest BCUT2D eigenvalue weighted by Crippen LogP contribution is 2.25. The van der Waals surface area contributed by atoms with Crippen LogP contribution in [-0.2, 0) is 20.9 Å². The number of hydrogen-bond donors (Lipinski definition) is 1. The van der Waals surface area contributed by atoms with Gasteiger partial charge in [-0.25, -0.2) is 0 Å². The molecule has 6 nitrogen and oxygen atoms in total. The number of methoxy groups -OCH3 is 1. The summed E-state index contributed by atoms with van der Waals surface area (Å²) in [4.78, 5) is 24.1. The van der Waals surface area contributed by atoms with Crippen LogP contribution in [0.3, 0.4) is 0 Å². The molecule has 0 aliphatic rings. The second kappa shape index (κ2) is 8.40. The summed E-state index contributed by atoms with van der Waals surface area (Å²) in [6.07, 6.45) is 1.53. The Kier molecular flexibility index (Phi) is 5.76. The van der Waals surface area contributed by atoms with E-state index in [0.717, 1.165) is 22.1 Å². The molecule has 0 radical (unpaired) electrons. The first-order chi connectivity index (χ1) is 13.1. The lowest BCUT2D eigenvalue weighted by Gasteiger charge is -2.13. The maximum Gasteiger partial charge on any atom is 0.313 e. The van der Waals surface area contributed by atoms with Crippen molar-refractivity contribution in [1.82, 2.24) is 5.32 Å². The molecule has 6 heteroatoms. The average Bonchev–Trinajstić information content (AvgIpc) is 3.22. The lowest BCUT2D eigenvalue weighted by atomic mass is 9.98. The Labute approximate surface area is 157 Å². The zero-order valence-corrected chi connectivity index (χ0v) is 15.2. The first-order valence-electron chi connectivity index (χ1n) is 8.60. The van der Waals surface area contributed by atoms with Gasteiger partial charge < -0.3 is 19.2 Å². The first-order valence-corrected chi connectivity index (χ1v) is 8.60. The van der Waals surface area contributed by atoms with Crippen LogP contribution in [0.2, 0.25) is 0 Å². The Balaban J connectivity index is 1.56. The topological polar surface area (TPSA) is 77.8 Å². The molecule has 0 aliphatic heterocycles. The number of furan rings is 1. The Morgan fingerprint density at radius 1 is 1.11 bits per heavy atom. The Bertz CT molecular complexity index is 933. The number of benzene rings is 2. The van der Waals surface area contributed by atoms with Gasteiger partial charge in [0.1, 0.15) is 11.5 Å². The second-order valence-corrected chi connectivity index (χ2v) is 6.16. The van der Waals surface area contributed by atoms with Crippen LogP contribution in [0.25, 0.3) is 10.8 Å². The predicted octanol–water partition coefficient (Wildman–Crippen LogP) is 3.40. The van der Waals surface area contributed by atoms with Gasteiger partial charge in [0.2, 0.25) is 0 Å². The van der Waals surface area contributed by atoms with E-state index in [1.54, 1.807) is 26.2 Å². The molecule has 0 bridgehead atoms. The standard InChI is InChI=1S/C21H21NO5/c1-14(15-5-6-17-11-18(25-2)8-7-16(17)10-15)21(24)27-13-20(23)22-12-19-4-3-9-26-19/h3-11,14H,12-13H2,1-2H3,(H,22,23)/t14-/m0/s1. The highest BCUT2D eigenvalue weighted by atomic mass is 16.5. The number of amides is 1. The lowest BCUT2D eigenvalue weighted by molar-refractivity contribution is -0.149. The molecule has 1 heterocycles. The molecule has 0 aliphatic carbocycles. The first kappa shape index (κ1) is 18.5. The summed E-state index contributed by atoms with van der Waals surface area (Å²) in [5.74, 6) is 0.113. The summed E-state index contributed by atoms with van der Waals surface area (Å²) in [5.41, 5.74) is 0.827. The van der Waals surface area contributed by atoms with Crippen LogP contribution in [0.4, 0.5) is 0 Å². The SMILES string of the molecule is COc1ccc2cc([C@H](C)C(=O)OCC(=O)NCc3ccco3)ccc2c1. The van der Waals surface area contributed by atoms with Crippen molar-refractivity contribution in [3.8, 4) is 5.75 Å². The molecule has 0 unspecified atom stereocenters. The van der Waals surface area contributed by atoms with Crippen molar-refractivity contribution in [1.29, 1.82) is 0 Å². The molecule has 27 heavy (non-hydrogen) atoms. The van der Waals surface area contributed by atoms with Crippen molar-refractivity contribution in [3.05, 3.63) is 66.1 Å². The van der Waals surface area contributed by atoms with E-state index in [-0.39, 0.29) is 19.1 Å². The quantitative estimate of drug-likeness (QED) is 0.648. The van der Waals surface area contributed by atoms with Gasteiger partial charge in [-0.05, 0) is 47.5 Å². The molecule has 0 fully saturated rings. The van der Waals surface area contributed by atoms with Gasteiger partial charge in [0.25, 0.3) is 5.91 Å². The molecule has 1 aromatic heterocycles. The van der Waals surface area contributed by atoms with Crippen LogP contribution in [0.15, 0.2) is 59.2 Å². The highest BCUT2D eigenvalue weighted by Gasteiger charge is 2.18. The molecule has 0 spiro atoms. The third-order valence-corrected chi connectivity index (χ3v) is 4.31. The van der Waals surface area contributed by atoms with Crippen molar-refractivity contribution in [3.63, 3.8) is 0 Å². The summed E-state index contributed by atoms with van der Waals surface area (Å²) < 4.78 is 15.5. The van der Waals surface area contributed by atoms with Gasteiger partial charge in [-0.2, -0.15) is 0 Å². The van der Waals surface area contributed by atoms with E-state index in [1.807, 2.05) is 36.4 Å². The Hall–Kier alpha value is -3.28. The number of esters is 1. The van der Waals surface area contributed by atoms with Gasteiger partial charge in [0.05, 0.1) is 25.8 Å². The highest BCUT2D eigenvalue weighted by molar-refractivity contribution is 5.87. The van der Waals surface area contributed by atoms with E-state index in [0.29, 0.717) is 5.76 Å². The number of nitrogens with one attached hydrogen (secondary N) is 1. The maximum atomic E-state index is 12.3. The molecule has 0 saturated carbocycles. The van der Waals surface area contributed by atoms with E-state index in [1.165, 1.54) is 6.26 Å². The van der Waals surface area contributed by atoms with E-state index in [2.05, 4.69) is 5.32 Å². The summed E-state index contributed by atoms with van der Waals surface area (Å²) in [6, 6.07) is 15.0. The van der Waals surface area contributed by atoms with Crippen LogP contribution in [0, 0.1) is 0 Å². The molecule has 1 atom stereocenters. The molecule has 1 N–H and O–H groups in total. The minimum atomic E-state index is -0.477.